The third-order valence-corrected chi connectivity index (χ3v) is 2.25. The first kappa shape index (κ1) is 14.7. The maximum Gasteiger partial charge on any atom is 0.219 e. The fourth-order valence-electron chi connectivity index (χ4n) is 1.47. The molecule has 0 radical (unpaired) electrons. The monoisotopic (exact) mass is 253 g/mol. The fourth-order valence-corrected chi connectivity index (χ4v) is 1.47. The Morgan fingerprint density at radius 2 is 2.11 bits per heavy atom. The molecule has 1 heterocycles. The van der Waals surface area contributed by atoms with E-state index in [1.807, 2.05) is 26.8 Å². The molecule has 0 saturated carbocycles. The first-order valence-corrected chi connectivity index (χ1v) is 6.49. The largest absolute Gasteiger partial charge is 0.472 e. The zero-order valence-electron chi connectivity index (χ0n) is 11.7. The summed E-state index contributed by atoms with van der Waals surface area (Å²) in [5.41, 5.74) is 0. The first-order valence-electron chi connectivity index (χ1n) is 6.49. The van der Waals surface area contributed by atoms with Crippen LogP contribution in [0, 0.1) is 6.92 Å². The summed E-state index contributed by atoms with van der Waals surface area (Å²) < 4.78 is 11.0. The third-order valence-electron chi connectivity index (χ3n) is 2.25. The molecule has 1 aromatic rings. The highest BCUT2D eigenvalue weighted by Crippen LogP contribution is 2.14. The third kappa shape index (κ3) is 5.31. The Bertz CT molecular complexity index is 358. The summed E-state index contributed by atoms with van der Waals surface area (Å²) in [6.07, 6.45) is 1.04. The van der Waals surface area contributed by atoms with Crippen LogP contribution in [0.4, 0.5) is 5.82 Å². The van der Waals surface area contributed by atoms with Crippen molar-refractivity contribution in [3.8, 4) is 5.88 Å². The van der Waals surface area contributed by atoms with Crippen molar-refractivity contribution in [3.63, 3.8) is 0 Å². The second-order valence-electron chi connectivity index (χ2n) is 4.15. The lowest BCUT2D eigenvalue weighted by Crippen LogP contribution is -2.20. The molecule has 1 aromatic heterocycles. The Hall–Kier alpha value is -1.36. The van der Waals surface area contributed by atoms with Gasteiger partial charge in [-0.05, 0) is 27.2 Å². The average molecular weight is 253 g/mol. The molecule has 0 spiro atoms. The predicted octanol–water partition coefficient (Wildman–Crippen LogP) is 2.41. The van der Waals surface area contributed by atoms with Crippen LogP contribution in [0.25, 0.3) is 0 Å². The lowest BCUT2D eigenvalue weighted by molar-refractivity contribution is 0.0632. The minimum absolute atomic E-state index is 0.0155. The van der Waals surface area contributed by atoms with E-state index in [1.54, 1.807) is 0 Å². The predicted molar refractivity (Wildman–Crippen MR) is 72.1 cm³/mol. The summed E-state index contributed by atoms with van der Waals surface area (Å²) in [5.74, 6) is 2.10. The van der Waals surface area contributed by atoms with Crippen LogP contribution < -0.4 is 10.1 Å². The number of aryl methyl sites for hydroxylation is 1. The molecule has 102 valence electrons. The number of hydrogen-bond donors (Lipinski definition) is 1. The van der Waals surface area contributed by atoms with Gasteiger partial charge in [-0.25, -0.2) is 4.98 Å². The lowest BCUT2D eigenvalue weighted by Gasteiger charge is -2.14. The van der Waals surface area contributed by atoms with Gasteiger partial charge in [0.1, 0.15) is 17.7 Å². The minimum Gasteiger partial charge on any atom is -0.472 e. The Balaban J connectivity index is 2.61. The van der Waals surface area contributed by atoms with Crippen molar-refractivity contribution < 1.29 is 9.47 Å². The molecule has 0 amide bonds. The average Bonchev–Trinajstić information content (AvgIpc) is 2.33. The van der Waals surface area contributed by atoms with Crippen LogP contribution in [0.3, 0.4) is 0 Å². The fraction of sp³-hybridized carbons (Fsp3) is 0.692. The summed E-state index contributed by atoms with van der Waals surface area (Å²) in [5, 5.41) is 3.23. The van der Waals surface area contributed by atoms with Gasteiger partial charge in [0.05, 0.1) is 6.61 Å². The highest BCUT2D eigenvalue weighted by molar-refractivity contribution is 5.38. The molecule has 5 heteroatoms. The van der Waals surface area contributed by atoms with Gasteiger partial charge in [-0.1, -0.05) is 6.92 Å². The molecule has 0 aliphatic carbocycles. The Morgan fingerprint density at radius 1 is 1.33 bits per heavy atom. The molecular formula is C13H23N3O2. The van der Waals surface area contributed by atoms with Crippen LogP contribution in [0.15, 0.2) is 6.07 Å². The first-order chi connectivity index (χ1) is 8.65. The van der Waals surface area contributed by atoms with E-state index in [0.29, 0.717) is 24.9 Å². The van der Waals surface area contributed by atoms with E-state index < -0.39 is 0 Å². The van der Waals surface area contributed by atoms with E-state index in [2.05, 4.69) is 22.2 Å². The Labute approximate surface area is 109 Å². The summed E-state index contributed by atoms with van der Waals surface area (Å²) in [7, 11) is 0. The highest BCUT2D eigenvalue weighted by atomic mass is 16.5. The summed E-state index contributed by atoms with van der Waals surface area (Å²) in [4.78, 5) is 8.57. The van der Waals surface area contributed by atoms with Gasteiger partial charge in [0.25, 0.3) is 0 Å². The molecule has 1 rings (SSSR count). The van der Waals surface area contributed by atoms with Gasteiger partial charge < -0.3 is 14.8 Å². The topological polar surface area (TPSA) is 56.3 Å². The maximum atomic E-state index is 5.70. The van der Waals surface area contributed by atoms with Gasteiger partial charge in [0.15, 0.2) is 0 Å². The number of nitrogens with zero attached hydrogens (tertiary/aromatic N) is 2. The summed E-state index contributed by atoms with van der Waals surface area (Å²) >= 11 is 0. The minimum atomic E-state index is -0.0155. The number of ether oxygens (including phenoxy) is 2. The van der Waals surface area contributed by atoms with Crippen molar-refractivity contribution in [2.75, 3.05) is 25.1 Å². The quantitative estimate of drug-likeness (QED) is 0.771. The molecule has 1 atom stereocenters. The van der Waals surface area contributed by atoms with Crippen molar-refractivity contribution in [2.24, 2.45) is 0 Å². The SMILES string of the molecule is CCCNc1cc(OC(C)COCC)nc(C)n1. The number of rotatable bonds is 8. The van der Waals surface area contributed by atoms with E-state index in [9.17, 15) is 0 Å². The maximum absolute atomic E-state index is 5.70. The molecule has 1 unspecified atom stereocenters. The molecule has 0 fully saturated rings. The van der Waals surface area contributed by atoms with Crippen LogP contribution in [0.5, 0.6) is 5.88 Å². The molecule has 0 aromatic carbocycles. The molecule has 0 saturated heterocycles. The van der Waals surface area contributed by atoms with E-state index in [1.165, 1.54) is 0 Å². The Kier molecular flexibility index (Phi) is 6.43. The van der Waals surface area contributed by atoms with Crippen LogP contribution >= 0.6 is 0 Å². The van der Waals surface area contributed by atoms with Crippen molar-refractivity contribution in [1.82, 2.24) is 9.97 Å². The second kappa shape index (κ2) is 7.87. The van der Waals surface area contributed by atoms with Crippen molar-refractivity contribution in [2.45, 2.75) is 40.2 Å². The standard InChI is InChI=1S/C13H23N3O2/c1-5-7-14-12-8-13(16-11(4)15-12)18-10(3)9-17-6-2/h8,10H,5-7,9H2,1-4H3,(H,14,15,16). The number of aromatic nitrogens is 2. The van der Waals surface area contributed by atoms with Crippen LogP contribution in [0.1, 0.15) is 33.0 Å². The number of anilines is 1. The van der Waals surface area contributed by atoms with Crippen LogP contribution in [0.2, 0.25) is 0 Å². The van der Waals surface area contributed by atoms with E-state index in [4.69, 9.17) is 9.47 Å². The summed E-state index contributed by atoms with van der Waals surface area (Å²) in [6.45, 7) is 10.1. The van der Waals surface area contributed by atoms with Crippen LogP contribution in [-0.2, 0) is 4.74 Å². The normalized spacial score (nSPS) is 12.2. The molecular weight excluding hydrogens is 230 g/mol. The van der Waals surface area contributed by atoms with Gasteiger partial charge in [0, 0.05) is 19.2 Å². The molecule has 0 aliphatic rings. The molecule has 0 bridgehead atoms. The van der Waals surface area contributed by atoms with E-state index in [0.717, 1.165) is 18.8 Å². The number of hydrogen-bond acceptors (Lipinski definition) is 5. The molecule has 1 N–H and O–H groups in total. The van der Waals surface area contributed by atoms with E-state index >= 15 is 0 Å². The zero-order valence-corrected chi connectivity index (χ0v) is 11.7. The molecule has 18 heavy (non-hydrogen) atoms. The van der Waals surface area contributed by atoms with Crippen LogP contribution in [-0.4, -0.2) is 35.8 Å². The van der Waals surface area contributed by atoms with Crippen molar-refractivity contribution in [3.05, 3.63) is 11.9 Å². The lowest BCUT2D eigenvalue weighted by atomic mass is 10.4. The Morgan fingerprint density at radius 3 is 2.78 bits per heavy atom. The van der Waals surface area contributed by atoms with Gasteiger partial charge >= 0.3 is 0 Å². The van der Waals surface area contributed by atoms with Gasteiger partial charge in [-0.15, -0.1) is 0 Å². The van der Waals surface area contributed by atoms with Gasteiger partial charge in [-0.3, -0.25) is 0 Å². The zero-order chi connectivity index (χ0) is 13.4. The van der Waals surface area contributed by atoms with Crippen molar-refractivity contribution in [1.29, 1.82) is 0 Å². The van der Waals surface area contributed by atoms with Crippen molar-refractivity contribution >= 4 is 5.82 Å². The number of nitrogens with one attached hydrogen (secondary N) is 1. The summed E-state index contributed by atoms with van der Waals surface area (Å²) in [6, 6.07) is 1.82. The molecule has 0 aliphatic heterocycles. The highest BCUT2D eigenvalue weighted by Gasteiger charge is 2.07. The van der Waals surface area contributed by atoms with Gasteiger partial charge in [-0.2, -0.15) is 4.98 Å². The second-order valence-corrected chi connectivity index (χ2v) is 4.15. The van der Waals surface area contributed by atoms with Gasteiger partial charge in [0.2, 0.25) is 5.88 Å². The molecule has 5 nitrogen and oxygen atoms in total. The van der Waals surface area contributed by atoms with E-state index in [-0.39, 0.29) is 6.10 Å². The smallest absolute Gasteiger partial charge is 0.219 e.